The molecule has 111 valence electrons. The highest BCUT2D eigenvalue weighted by atomic mass is 32.2. The molecular weight excluding hydrogens is 270 g/mol. The van der Waals surface area contributed by atoms with E-state index in [9.17, 15) is 8.42 Å². The van der Waals surface area contributed by atoms with Crippen molar-refractivity contribution in [2.45, 2.75) is 37.0 Å². The highest BCUT2D eigenvalue weighted by Gasteiger charge is 2.13. The summed E-state index contributed by atoms with van der Waals surface area (Å²) in [7, 11) is -3.08. The lowest BCUT2D eigenvalue weighted by Crippen LogP contribution is -2.30. The van der Waals surface area contributed by atoms with Crippen LogP contribution in [0.15, 0.2) is 35.2 Å². The van der Waals surface area contributed by atoms with Crippen LogP contribution in [0.4, 0.5) is 0 Å². The van der Waals surface area contributed by atoms with Gasteiger partial charge in [0.25, 0.3) is 0 Å². The van der Waals surface area contributed by atoms with Crippen LogP contribution in [0.5, 0.6) is 0 Å². The van der Waals surface area contributed by atoms with Crippen molar-refractivity contribution in [2.75, 3.05) is 25.4 Å². The first-order valence-electron chi connectivity index (χ1n) is 7.50. The predicted octanol–water partition coefficient (Wildman–Crippen LogP) is 2.93. The van der Waals surface area contributed by atoms with Crippen molar-refractivity contribution in [2.24, 2.45) is 0 Å². The summed E-state index contributed by atoms with van der Waals surface area (Å²) >= 11 is 0. The van der Waals surface area contributed by atoms with Gasteiger partial charge < -0.3 is 4.90 Å². The molecule has 1 heterocycles. The SMILES string of the molecule is O=S(=O)(CCCCCN1CC[CH]CC1)c1ccccc1. The normalized spacial score (nSPS) is 17.2. The molecule has 1 fully saturated rings. The Morgan fingerprint density at radius 3 is 2.35 bits per heavy atom. The second-order valence-corrected chi connectivity index (χ2v) is 7.51. The molecule has 0 spiro atoms. The number of unbranched alkanes of at least 4 members (excludes halogenated alkanes) is 2. The van der Waals surface area contributed by atoms with Gasteiger partial charge in [-0.05, 0) is 63.9 Å². The second-order valence-electron chi connectivity index (χ2n) is 5.40. The third-order valence-corrected chi connectivity index (χ3v) is 5.61. The summed E-state index contributed by atoms with van der Waals surface area (Å²) in [5, 5.41) is 0. The number of nitrogens with zero attached hydrogens (tertiary/aromatic N) is 1. The molecule has 1 radical (unpaired) electrons. The van der Waals surface area contributed by atoms with Gasteiger partial charge in [-0.25, -0.2) is 8.42 Å². The van der Waals surface area contributed by atoms with E-state index in [1.54, 1.807) is 24.3 Å². The summed E-state index contributed by atoms with van der Waals surface area (Å²) < 4.78 is 24.2. The topological polar surface area (TPSA) is 37.4 Å². The lowest BCUT2D eigenvalue weighted by molar-refractivity contribution is 0.249. The molecule has 1 aromatic rings. The number of benzene rings is 1. The van der Waals surface area contributed by atoms with E-state index in [-0.39, 0.29) is 5.75 Å². The van der Waals surface area contributed by atoms with Gasteiger partial charge in [0.2, 0.25) is 0 Å². The Bertz CT molecular complexity index is 478. The minimum absolute atomic E-state index is 0.269. The minimum atomic E-state index is -3.08. The summed E-state index contributed by atoms with van der Waals surface area (Å²) in [4.78, 5) is 2.93. The maximum absolute atomic E-state index is 12.1. The highest BCUT2D eigenvalue weighted by Crippen LogP contribution is 2.13. The molecule has 0 saturated carbocycles. The molecule has 1 aromatic carbocycles. The molecule has 0 N–H and O–H groups in total. The van der Waals surface area contributed by atoms with E-state index in [0.717, 1.165) is 25.8 Å². The zero-order valence-electron chi connectivity index (χ0n) is 12.0. The summed E-state index contributed by atoms with van der Waals surface area (Å²) in [5.41, 5.74) is 0. The second kappa shape index (κ2) is 7.79. The lowest BCUT2D eigenvalue weighted by Gasteiger charge is -2.26. The van der Waals surface area contributed by atoms with Crippen LogP contribution in [0.3, 0.4) is 0 Å². The lowest BCUT2D eigenvalue weighted by atomic mass is 10.1. The Labute approximate surface area is 122 Å². The van der Waals surface area contributed by atoms with Crippen LogP contribution in [-0.2, 0) is 9.84 Å². The van der Waals surface area contributed by atoms with Crippen molar-refractivity contribution in [1.29, 1.82) is 0 Å². The van der Waals surface area contributed by atoms with Gasteiger partial charge in [-0.2, -0.15) is 0 Å². The molecule has 1 aliphatic heterocycles. The van der Waals surface area contributed by atoms with Crippen LogP contribution in [0.2, 0.25) is 0 Å². The van der Waals surface area contributed by atoms with Crippen molar-refractivity contribution in [3.8, 4) is 0 Å². The van der Waals surface area contributed by atoms with Gasteiger partial charge in [0.05, 0.1) is 10.6 Å². The van der Waals surface area contributed by atoms with E-state index < -0.39 is 9.84 Å². The average molecular weight is 294 g/mol. The fourth-order valence-electron chi connectivity index (χ4n) is 2.58. The van der Waals surface area contributed by atoms with Crippen molar-refractivity contribution < 1.29 is 8.42 Å². The molecule has 1 aliphatic rings. The number of piperidine rings is 1. The monoisotopic (exact) mass is 294 g/mol. The molecule has 4 heteroatoms. The fourth-order valence-corrected chi connectivity index (χ4v) is 3.97. The Balaban J connectivity index is 1.65. The smallest absolute Gasteiger partial charge is 0.178 e. The molecule has 0 bridgehead atoms. The van der Waals surface area contributed by atoms with Crippen molar-refractivity contribution in [3.05, 3.63) is 36.8 Å². The fraction of sp³-hybridized carbons (Fsp3) is 0.562. The van der Waals surface area contributed by atoms with Crippen molar-refractivity contribution >= 4 is 9.84 Å². The first-order valence-corrected chi connectivity index (χ1v) is 9.15. The largest absolute Gasteiger partial charge is 0.303 e. The van der Waals surface area contributed by atoms with Crippen LogP contribution in [0.25, 0.3) is 0 Å². The number of hydrogen-bond acceptors (Lipinski definition) is 3. The van der Waals surface area contributed by atoms with Gasteiger partial charge in [-0.15, -0.1) is 0 Å². The van der Waals surface area contributed by atoms with Gasteiger partial charge >= 0.3 is 0 Å². The maximum Gasteiger partial charge on any atom is 0.178 e. The third-order valence-electron chi connectivity index (χ3n) is 3.79. The van der Waals surface area contributed by atoms with E-state index in [1.165, 1.54) is 25.9 Å². The van der Waals surface area contributed by atoms with E-state index in [4.69, 9.17) is 0 Å². The van der Waals surface area contributed by atoms with Gasteiger partial charge in [0.15, 0.2) is 9.84 Å². The number of likely N-dealkylation sites (tertiary alicyclic amines) is 1. The van der Waals surface area contributed by atoms with Gasteiger partial charge in [-0.1, -0.05) is 24.6 Å². The molecule has 0 aliphatic carbocycles. The molecule has 2 rings (SSSR count). The molecular formula is C16H24NO2S. The summed E-state index contributed by atoms with van der Waals surface area (Å²) in [5.74, 6) is 0.269. The molecule has 20 heavy (non-hydrogen) atoms. The average Bonchev–Trinajstić information content (AvgIpc) is 2.49. The van der Waals surface area contributed by atoms with E-state index >= 15 is 0 Å². The van der Waals surface area contributed by atoms with Crippen LogP contribution >= 0.6 is 0 Å². The van der Waals surface area contributed by atoms with Crippen LogP contribution in [0.1, 0.15) is 32.1 Å². The van der Waals surface area contributed by atoms with Gasteiger partial charge in [0.1, 0.15) is 0 Å². The van der Waals surface area contributed by atoms with E-state index in [0.29, 0.717) is 4.90 Å². The number of sulfone groups is 1. The van der Waals surface area contributed by atoms with Gasteiger partial charge in [0, 0.05) is 0 Å². The van der Waals surface area contributed by atoms with Crippen LogP contribution in [0, 0.1) is 6.42 Å². The Hall–Kier alpha value is -0.870. The van der Waals surface area contributed by atoms with E-state index in [2.05, 4.69) is 11.3 Å². The maximum atomic E-state index is 12.1. The minimum Gasteiger partial charge on any atom is -0.303 e. The standard InChI is InChI=1S/C16H24NO2S/c18-20(19,16-10-4-1-5-11-16)15-9-3-8-14-17-12-6-2-7-13-17/h1-2,4-5,10-11H,3,6-9,12-15H2. The molecule has 0 amide bonds. The zero-order valence-corrected chi connectivity index (χ0v) is 12.8. The predicted molar refractivity (Wildman–Crippen MR) is 82.3 cm³/mol. The Morgan fingerprint density at radius 1 is 0.950 bits per heavy atom. The van der Waals surface area contributed by atoms with Crippen LogP contribution in [-0.4, -0.2) is 38.7 Å². The molecule has 3 nitrogen and oxygen atoms in total. The third kappa shape index (κ3) is 4.91. The number of rotatable bonds is 7. The Morgan fingerprint density at radius 2 is 1.65 bits per heavy atom. The Kier molecular flexibility index (Phi) is 6.05. The molecule has 0 aromatic heterocycles. The van der Waals surface area contributed by atoms with Crippen molar-refractivity contribution in [3.63, 3.8) is 0 Å². The summed E-state index contributed by atoms with van der Waals surface area (Å²) in [6, 6.07) is 8.76. The quantitative estimate of drug-likeness (QED) is 0.726. The first-order chi connectivity index (χ1) is 9.68. The van der Waals surface area contributed by atoms with Crippen molar-refractivity contribution in [1.82, 2.24) is 4.90 Å². The zero-order chi connectivity index (χ0) is 14.3. The highest BCUT2D eigenvalue weighted by molar-refractivity contribution is 7.91. The molecule has 1 saturated heterocycles. The summed E-state index contributed by atoms with van der Waals surface area (Å²) in [6.45, 7) is 3.45. The first kappa shape index (κ1) is 15.5. The molecule has 0 unspecified atom stereocenters. The van der Waals surface area contributed by atoms with E-state index in [1.807, 2.05) is 6.07 Å². The number of hydrogen-bond donors (Lipinski definition) is 0. The molecule has 0 atom stereocenters. The van der Waals surface area contributed by atoms with Gasteiger partial charge in [-0.3, -0.25) is 0 Å². The van der Waals surface area contributed by atoms with Crippen LogP contribution < -0.4 is 0 Å². The summed E-state index contributed by atoms with van der Waals surface area (Å²) in [6.07, 6.45) is 7.60.